The minimum Gasteiger partial charge on any atom is -0.356 e. The number of hydrogen-bond donors (Lipinski definition) is 0. The van der Waals surface area contributed by atoms with Gasteiger partial charge in [-0.2, -0.15) is 0 Å². The van der Waals surface area contributed by atoms with Crippen LogP contribution in [0.4, 0.5) is 0 Å². The minimum absolute atomic E-state index is 0.0686. The van der Waals surface area contributed by atoms with Gasteiger partial charge in [0, 0.05) is 18.9 Å². The lowest BCUT2D eigenvalue weighted by Gasteiger charge is -2.46. The molecule has 1 aromatic heterocycles. The van der Waals surface area contributed by atoms with Crippen LogP contribution in [-0.2, 0) is 9.47 Å². The van der Waals surface area contributed by atoms with Gasteiger partial charge >= 0.3 is 0 Å². The number of benzene rings is 2. The Hall–Kier alpha value is -2.47. The smallest absolute Gasteiger partial charge is 0.182 e. The number of hydrogen-bond acceptors (Lipinski definition) is 5. The van der Waals surface area contributed by atoms with Crippen LogP contribution in [0.1, 0.15) is 68.7 Å². The Kier molecular flexibility index (Phi) is 7.14. The quantitative estimate of drug-likeness (QED) is 0.347. The first-order valence-corrected chi connectivity index (χ1v) is 12.7. The SMILES string of the molecule is CCCC(OC1(OC)C[C](N2CCCCC2)C=CC1c1noc2ccccc12)c1ccccc1. The highest BCUT2D eigenvalue weighted by Gasteiger charge is 2.49. The zero-order valence-electron chi connectivity index (χ0n) is 20.3. The van der Waals surface area contributed by atoms with Gasteiger partial charge in [0.1, 0.15) is 5.69 Å². The lowest BCUT2D eigenvalue weighted by Crippen LogP contribution is -2.48. The summed E-state index contributed by atoms with van der Waals surface area (Å²) in [5, 5.41) is 5.53. The van der Waals surface area contributed by atoms with Crippen LogP contribution in [0.3, 0.4) is 0 Å². The number of aromatic nitrogens is 1. The number of ether oxygens (including phenoxy) is 2. The summed E-state index contributed by atoms with van der Waals surface area (Å²) in [4.78, 5) is 2.51. The lowest BCUT2D eigenvalue weighted by molar-refractivity contribution is -0.262. The normalized spacial score (nSPS) is 25.1. The molecule has 1 aliphatic heterocycles. The van der Waals surface area contributed by atoms with E-state index in [1.165, 1.54) is 30.9 Å². The Balaban J connectivity index is 1.56. The number of rotatable bonds is 8. The van der Waals surface area contributed by atoms with Gasteiger partial charge in [-0.3, -0.25) is 4.90 Å². The standard InChI is InChI=1S/C29H35N2O3/c1-3-12-26(22-13-6-4-7-14-22)33-29(32-2)21-23(31-19-10-5-11-20-31)17-18-25(29)28-24-15-8-9-16-27(24)34-30-28/h4,6-9,13-18,25-26H,3,5,10-12,19-21H2,1-2H3. The first-order valence-electron chi connectivity index (χ1n) is 12.7. The van der Waals surface area contributed by atoms with Crippen molar-refractivity contribution in [3.63, 3.8) is 0 Å². The summed E-state index contributed by atoms with van der Waals surface area (Å²) >= 11 is 0. The van der Waals surface area contributed by atoms with Gasteiger partial charge in [0.25, 0.3) is 0 Å². The minimum atomic E-state index is -0.878. The molecule has 3 aromatic rings. The molecule has 1 radical (unpaired) electrons. The Morgan fingerprint density at radius 1 is 1.06 bits per heavy atom. The lowest BCUT2D eigenvalue weighted by atomic mass is 9.81. The maximum Gasteiger partial charge on any atom is 0.182 e. The van der Waals surface area contributed by atoms with Gasteiger partial charge in [0.05, 0.1) is 18.1 Å². The molecule has 5 heteroatoms. The molecule has 1 saturated heterocycles. The average molecular weight is 460 g/mol. The fraction of sp³-hybridized carbons (Fsp3) is 0.448. The summed E-state index contributed by atoms with van der Waals surface area (Å²) in [6.07, 6.45) is 10.8. The molecular formula is C29H35N2O3. The molecule has 5 rings (SSSR count). The van der Waals surface area contributed by atoms with Crippen molar-refractivity contribution in [1.29, 1.82) is 0 Å². The zero-order chi connectivity index (χ0) is 23.4. The Bertz CT molecular complexity index is 1090. The van der Waals surface area contributed by atoms with Crippen molar-refractivity contribution < 1.29 is 14.0 Å². The molecule has 0 spiro atoms. The van der Waals surface area contributed by atoms with E-state index in [9.17, 15) is 0 Å². The van der Waals surface area contributed by atoms with E-state index >= 15 is 0 Å². The van der Waals surface area contributed by atoms with Gasteiger partial charge in [-0.25, -0.2) is 0 Å². The summed E-state index contributed by atoms with van der Waals surface area (Å²) in [5.74, 6) is -1.06. The Labute approximate surface area is 202 Å². The molecule has 5 nitrogen and oxygen atoms in total. The number of para-hydroxylation sites is 1. The Morgan fingerprint density at radius 3 is 2.59 bits per heavy atom. The molecule has 2 aliphatic rings. The van der Waals surface area contributed by atoms with Crippen molar-refractivity contribution in [3.8, 4) is 0 Å². The molecule has 3 unspecified atom stereocenters. The highest BCUT2D eigenvalue weighted by molar-refractivity contribution is 5.80. The third-order valence-electron chi connectivity index (χ3n) is 7.25. The van der Waals surface area contributed by atoms with Gasteiger partial charge in [-0.15, -0.1) is 0 Å². The number of methoxy groups -OCH3 is 1. The maximum atomic E-state index is 7.06. The summed E-state index contributed by atoms with van der Waals surface area (Å²) in [5.41, 5.74) is 2.84. The molecule has 2 aromatic carbocycles. The van der Waals surface area contributed by atoms with Crippen LogP contribution >= 0.6 is 0 Å². The van der Waals surface area contributed by atoms with Crippen molar-refractivity contribution in [3.05, 3.63) is 84.0 Å². The van der Waals surface area contributed by atoms with Crippen LogP contribution in [0.15, 0.2) is 71.3 Å². The molecule has 0 bridgehead atoms. The monoisotopic (exact) mass is 459 g/mol. The molecule has 0 amide bonds. The third kappa shape index (κ3) is 4.57. The molecule has 1 fully saturated rings. The van der Waals surface area contributed by atoms with E-state index in [1.807, 2.05) is 18.2 Å². The van der Waals surface area contributed by atoms with E-state index in [0.29, 0.717) is 6.42 Å². The Morgan fingerprint density at radius 2 is 1.82 bits per heavy atom. The van der Waals surface area contributed by atoms with E-state index in [4.69, 9.17) is 14.0 Å². The second kappa shape index (κ2) is 10.4. The third-order valence-corrected chi connectivity index (χ3v) is 7.25. The van der Waals surface area contributed by atoms with Gasteiger partial charge in [0.2, 0.25) is 0 Å². The second-order valence-electron chi connectivity index (χ2n) is 9.44. The van der Waals surface area contributed by atoms with Gasteiger partial charge < -0.3 is 14.0 Å². The predicted octanol–water partition coefficient (Wildman–Crippen LogP) is 6.79. The average Bonchev–Trinajstić information content (AvgIpc) is 3.33. The molecule has 2 heterocycles. The van der Waals surface area contributed by atoms with E-state index in [2.05, 4.69) is 65.5 Å². The maximum absolute atomic E-state index is 7.06. The number of nitrogens with zero attached hydrogens (tertiary/aromatic N) is 2. The van der Waals surface area contributed by atoms with Crippen LogP contribution in [0.5, 0.6) is 0 Å². The molecule has 0 saturated carbocycles. The van der Waals surface area contributed by atoms with Crippen LogP contribution in [-0.4, -0.2) is 36.0 Å². The van der Waals surface area contributed by atoms with Gasteiger partial charge in [0.15, 0.2) is 11.4 Å². The van der Waals surface area contributed by atoms with Gasteiger partial charge in [-0.1, -0.05) is 79.5 Å². The number of likely N-dealkylation sites (tertiary alicyclic amines) is 1. The number of fused-ring (bicyclic) bond motifs is 1. The topological polar surface area (TPSA) is 47.7 Å². The molecule has 3 atom stereocenters. The first-order chi connectivity index (χ1) is 16.7. The number of piperidine rings is 1. The van der Waals surface area contributed by atoms with Crippen molar-refractivity contribution >= 4 is 11.0 Å². The van der Waals surface area contributed by atoms with Crippen molar-refractivity contribution in [2.45, 2.75) is 63.3 Å². The summed E-state index contributed by atoms with van der Waals surface area (Å²) in [7, 11) is 1.77. The highest BCUT2D eigenvalue weighted by atomic mass is 16.7. The summed E-state index contributed by atoms with van der Waals surface area (Å²) < 4.78 is 19.1. The fourth-order valence-corrected chi connectivity index (χ4v) is 5.43. The fourth-order valence-electron chi connectivity index (χ4n) is 5.43. The zero-order valence-corrected chi connectivity index (χ0v) is 20.3. The second-order valence-corrected chi connectivity index (χ2v) is 9.44. The highest BCUT2D eigenvalue weighted by Crippen LogP contribution is 2.48. The van der Waals surface area contributed by atoms with Crippen LogP contribution in [0, 0.1) is 6.04 Å². The van der Waals surface area contributed by atoms with Crippen molar-refractivity contribution in [2.24, 2.45) is 0 Å². The molecule has 179 valence electrons. The van der Waals surface area contributed by atoms with Gasteiger partial charge in [-0.05, 0) is 50.0 Å². The molecule has 0 N–H and O–H groups in total. The van der Waals surface area contributed by atoms with Crippen LogP contribution < -0.4 is 0 Å². The largest absolute Gasteiger partial charge is 0.356 e. The van der Waals surface area contributed by atoms with E-state index in [-0.39, 0.29) is 12.0 Å². The summed E-state index contributed by atoms with van der Waals surface area (Å²) in [6, 6.07) is 19.8. The van der Waals surface area contributed by atoms with Crippen molar-refractivity contribution in [2.75, 3.05) is 20.2 Å². The van der Waals surface area contributed by atoms with Crippen LogP contribution in [0.25, 0.3) is 11.0 Å². The summed E-state index contributed by atoms with van der Waals surface area (Å²) in [6.45, 7) is 4.38. The molecule has 1 aliphatic carbocycles. The molecule has 34 heavy (non-hydrogen) atoms. The van der Waals surface area contributed by atoms with E-state index < -0.39 is 5.79 Å². The molecular weight excluding hydrogens is 424 g/mol. The van der Waals surface area contributed by atoms with Crippen molar-refractivity contribution in [1.82, 2.24) is 10.1 Å². The van der Waals surface area contributed by atoms with E-state index in [1.54, 1.807) is 7.11 Å². The van der Waals surface area contributed by atoms with Crippen LogP contribution in [0.2, 0.25) is 0 Å². The first kappa shape index (κ1) is 23.3. The predicted molar refractivity (Wildman–Crippen MR) is 134 cm³/mol. The van der Waals surface area contributed by atoms with E-state index in [0.717, 1.165) is 42.6 Å².